The number of aliphatic hydroxyl groups excluding tert-OH is 1. The molecule has 1 aromatic carbocycles. The molecule has 1 N–H and O–H groups in total. The number of benzene rings is 1. The number of hydrogen-bond donors (Lipinski definition) is 1. The van der Waals surface area contributed by atoms with Crippen molar-refractivity contribution >= 4 is 12.2 Å². The Balaban J connectivity index is 2.05. The average Bonchev–Trinajstić information content (AvgIpc) is 2.65. The van der Waals surface area contributed by atoms with Crippen LogP contribution >= 0.6 is 0 Å². The Morgan fingerprint density at radius 1 is 1.22 bits per heavy atom. The number of aldehydes is 1. The number of hydrogen-bond acceptors (Lipinski definition) is 3. The van der Waals surface area contributed by atoms with Gasteiger partial charge in [-0.05, 0) is 49.8 Å². The van der Waals surface area contributed by atoms with E-state index < -0.39 is 6.10 Å². The third-order valence-electron chi connectivity index (χ3n) is 4.36. The summed E-state index contributed by atoms with van der Waals surface area (Å²) in [5.41, 5.74) is 0.985. The number of halogens is 1. The summed E-state index contributed by atoms with van der Waals surface area (Å²) >= 11 is 0. The van der Waals surface area contributed by atoms with Crippen LogP contribution in [0.15, 0.2) is 24.3 Å². The number of aliphatic hydroxyl groups is 1. The van der Waals surface area contributed by atoms with Gasteiger partial charge in [-0.1, -0.05) is 12.1 Å². The smallest absolute Gasteiger partial charge is 0.225 e. The first-order valence-corrected chi connectivity index (χ1v) is 8.25. The van der Waals surface area contributed by atoms with E-state index in [4.69, 9.17) is 0 Å². The van der Waals surface area contributed by atoms with E-state index in [1.807, 2.05) is 4.90 Å². The quantitative estimate of drug-likeness (QED) is 0.620. The summed E-state index contributed by atoms with van der Waals surface area (Å²) in [7, 11) is 0. The number of nitrogens with zero attached hydrogens (tertiary/aromatic N) is 1. The van der Waals surface area contributed by atoms with Crippen molar-refractivity contribution in [1.29, 1.82) is 0 Å². The van der Waals surface area contributed by atoms with Gasteiger partial charge in [0.2, 0.25) is 5.91 Å². The largest absolute Gasteiger partial charge is 0.393 e. The number of carbonyl (C=O) groups is 2. The van der Waals surface area contributed by atoms with Gasteiger partial charge >= 0.3 is 0 Å². The van der Waals surface area contributed by atoms with Crippen LogP contribution in [0.25, 0.3) is 0 Å². The van der Waals surface area contributed by atoms with Crippen molar-refractivity contribution in [1.82, 2.24) is 4.90 Å². The Kier molecular flexibility index (Phi) is 6.71. The topological polar surface area (TPSA) is 57.6 Å². The van der Waals surface area contributed by atoms with Crippen molar-refractivity contribution < 1.29 is 19.1 Å². The zero-order valence-corrected chi connectivity index (χ0v) is 13.3. The second-order valence-corrected chi connectivity index (χ2v) is 6.17. The van der Waals surface area contributed by atoms with Crippen LogP contribution in [0.2, 0.25) is 0 Å². The summed E-state index contributed by atoms with van der Waals surface area (Å²) < 4.78 is 13.0. The molecule has 1 aliphatic heterocycles. The van der Waals surface area contributed by atoms with Gasteiger partial charge in [0.05, 0.1) is 12.5 Å². The third kappa shape index (κ3) is 5.43. The van der Waals surface area contributed by atoms with Gasteiger partial charge in [-0.15, -0.1) is 0 Å². The zero-order valence-electron chi connectivity index (χ0n) is 13.3. The molecule has 5 heteroatoms. The van der Waals surface area contributed by atoms with Gasteiger partial charge in [0.15, 0.2) is 0 Å². The van der Waals surface area contributed by atoms with Crippen molar-refractivity contribution in [3.05, 3.63) is 35.6 Å². The highest BCUT2D eigenvalue weighted by Crippen LogP contribution is 2.22. The second-order valence-electron chi connectivity index (χ2n) is 6.17. The van der Waals surface area contributed by atoms with Crippen LogP contribution in [0.1, 0.15) is 44.1 Å². The Morgan fingerprint density at radius 3 is 2.65 bits per heavy atom. The van der Waals surface area contributed by atoms with Gasteiger partial charge in [0, 0.05) is 19.0 Å². The molecule has 126 valence electrons. The van der Waals surface area contributed by atoms with E-state index in [2.05, 4.69) is 0 Å². The van der Waals surface area contributed by atoms with Gasteiger partial charge in [-0.3, -0.25) is 4.79 Å². The molecule has 23 heavy (non-hydrogen) atoms. The Morgan fingerprint density at radius 2 is 1.96 bits per heavy atom. The van der Waals surface area contributed by atoms with Gasteiger partial charge in [0.25, 0.3) is 0 Å². The van der Waals surface area contributed by atoms with E-state index >= 15 is 0 Å². The van der Waals surface area contributed by atoms with Crippen LogP contribution in [-0.4, -0.2) is 40.9 Å². The van der Waals surface area contributed by atoms with Crippen LogP contribution in [0.4, 0.5) is 4.39 Å². The molecule has 1 heterocycles. The Labute approximate surface area is 136 Å². The minimum Gasteiger partial charge on any atom is -0.393 e. The molecule has 0 radical (unpaired) electrons. The molecule has 1 saturated heterocycles. The fourth-order valence-electron chi connectivity index (χ4n) is 3.09. The number of rotatable bonds is 7. The zero-order chi connectivity index (χ0) is 16.7. The van der Waals surface area contributed by atoms with E-state index in [9.17, 15) is 19.1 Å². The van der Waals surface area contributed by atoms with Crippen molar-refractivity contribution in [2.75, 3.05) is 6.54 Å². The normalized spacial score (nSPS) is 22.0. The minimum atomic E-state index is -0.585. The van der Waals surface area contributed by atoms with Crippen LogP contribution in [0.3, 0.4) is 0 Å². The average molecular weight is 321 g/mol. The van der Waals surface area contributed by atoms with Gasteiger partial charge < -0.3 is 14.8 Å². The van der Waals surface area contributed by atoms with Gasteiger partial charge in [0.1, 0.15) is 12.1 Å². The lowest BCUT2D eigenvalue weighted by Gasteiger charge is -2.30. The molecule has 0 bridgehead atoms. The highest BCUT2D eigenvalue weighted by Gasteiger charge is 2.29. The predicted octanol–water partition coefficient (Wildman–Crippen LogP) is 2.48. The van der Waals surface area contributed by atoms with Crippen LogP contribution in [0, 0.1) is 5.82 Å². The summed E-state index contributed by atoms with van der Waals surface area (Å²) in [5.74, 6) is -0.306. The summed E-state index contributed by atoms with van der Waals surface area (Å²) in [5, 5.41) is 9.86. The highest BCUT2D eigenvalue weighted by atomic mass is 19.1. The molecule has 2 unspecified atom stereocenters. The lowest BCUT2D eigenvalue weighted by Crippen LogP contribution is -2.41. The molecule has 2 atom stereocenters. The van der Waals surface area contributed by atoms with Crippen molar-refractivity contribution in [2.24, 2.45) is 0 Å². The number of unbranched alkanes of at least 4 members (excludes halogenated alkanes) is 2. The standard InChI is InChI=1S/C18H24FNO3/c19-15-6-4-14(5-7-15)12-16-8-9-17(22)13-18(23)20(16)10-2-1-3-11-21/h4-7,11,16-17,22H,1-3,8-10,12-13H2. The maximum Gasteiger partial charge on any atom is 0.225 e. The molecular formula is C18H24FNO3. The van der Waals surface area contributed by atoms with E-state index in [1.54, 1.807) is 12.1 Å². The van der Waals surface area contributed by atoms with Crippen LogP contribution in [0.5, 0.6) is 0 Å². The summed E-state index contributed by atoms with van der Waals surface area (Å²) in [6.07, 6.45) is 4.51. The van der Waals surface area contributed by atoms with E-state index in [0.717, 1.165) is 31.1 Å². The van der Waals surface area contributed by atoms with Crippen molar-refractivity contribution in [2.45, 2.75) is 57.1 Å². The summed E-state index contributed by atoms with van der Waals surface area (Å²) in [6.45, 7) is 0.602. The van der Waals surface area contributed by atoms with Crippen LogP contribution < -0.4 is 0 Å². The molecule has 1 aliphatic rings. The first kappa shape index (κ1) is 17.6. The molecule has 1 aromatic rings. The van der Waals surface area contributed by atoms with E-state index in [1.165, 1.54) is 12.1 Å². The van der Waals surface area contributed by atoms with E-state index in [-0.39, 0.29) is 24.2 Å². The third-order valence-corrected chi connectivity index (χ3v) is 4.36. The fraction of sp³-hybridized carbons (Fsp3) is 0.556. The molecular weight excluding hydrogens is 297 g/mol. The number of amides is 1. The molecule has 0 saturated carbocycles. The Hall–Kier alpha value is -1.75. The highest BCUT2D eigenvalue weighted by molar-refractivity contribution is 5.77. The number of likely N-dealkylation sites (tertiary alicyclic amines) is 1. The van der Waals surface area contributed by atoms with Gasteiger partial charge in [-0.25, -0.2) is 4.39 Å². The summed E-state index contributed by atoms with van der Waals surface area (Å²) in [4.78, 5) is 24.6. The maximum absolute atomic E-state index is 13.0. The maximum atomic E-state index is 13.0. The lowest BCUT2D eigenvalue weighted by molar-refractivity contribution is -0.134. The van der Waals surface area contributed by atoms with Crippen molar-refractivity contribution in [3.63, 3.8) is 0 Å². The minimum absolute atomic E-state index is 0.0151. The first-order valence-electron chi connectivity index (χ1n) is 8.25. The SMILES string of the molecule is O=CCCCCN1C(=O)CC(O)CCC1Cc1ccc(F)cc1. The predicted molar refractivity (Wildman–Crippen MR) is 85.4 cm³/mol. The molecule has 4 nitrogen and oxygen atoms in total. The summed E-state index contributed by atoms with van der Waals surface area (Å²) in [6, 6.07) is 6.35. The van der Waals surface area contributed by atoms with Crippen LogP contribution in [-0.2, 0) is 16.0 Å². The molecule has 1 amide bonds. The van der Waals surface area contributed by atoms with Crippen molar-refractivity contribution in [3.8, 4) is 0 Å². The molecule has 0 spiro atoms. The first-order chi connectivity index (χ1) is 11.1. The van der Waals surface area contributed by atoms with Gasteiger partial charge in [-0.2, -0.15) is 0 Å². The molecule has 0 aromatic heterocycles. The van der Waals surface area contributed by atoms with E-state index in [0.29, 0.717) is 25.8 Å². The Bertz CT molecular complexity index is 518. The molecule has 1 fully saturated rings. The molecule has 2 rings (SSSR count). The monoisotopic (exact) mass is 321 g/mol. The fourth-order valence-corrected chi connectivity index (χ4v) is 3.09. The number of carbonyl (C=O) groups excluding carboxylic acids is 2. The lowest BCUT2D eigenvalue weighted by atomic mass is 10.00. The molecule has 0 aliphatic carbocycles. The second kappa shape index (κ2) is 8.77.